The van der Waals surface area contributed by atoms with Gasteiger partial charge in [0, 0.05) is 0 Å². The van der Waals surface area contributed by atoms with E-state index in [1.54, 1.807) is 11.3 Å². The summed E-state index contributed by atoms with van der Waals surface area (Å²) < 4.78 is 0. The van der Waals surface area contributed by atoms with E-state index in [0.29, 0.717) is 5.92 Å². The Bertz CT molecular complexity index is 304. The van der Waals surface area contributed by atoms with E-state index in [-0.39, 0.29) is 0 Å². The predicted octanol–water partition coefficient (Wildman–Crippen LogP) is 3.13. The summed E-state index contributed by atoms with van der Waals surface area (Å²) in [6, 6.07) is 2.21. The van der Waals surface area contributed by atoms with Crippen LogP contribution in [0, 0.1) is 24.2 Å². The highest BCUT2D eigenvalue weighted by molar-refractivity contribution is 7.10. The van der Waals surface area contributed by atoms with Gasteiger partial charge in [-0.05, 0) is 35.8 Å². The summed E-state index contributed by atoms with van der Waals surface area (Å²) in [6.07, 6.45) is 1.09. The van der Waals surface area contributed by atoms with Crippen molar-refractivity contribution >= 4 is 11.3 Å². The monoisotopic (exact) mass is 179 g/mol. The van der Waals surface area contributed by atoms with Crippen molar-refractivity contribution in [2.75, 3.05) is 0 Å². The van der Waals surface area contributed by atoms with Crippen LogP contribution in [-0.2, 0) is 6.42 Å². The van der Waals surface area contributed by atoms with Gasteiger partial charge in [0.15, 0.2) is 0 Å². The molecule has 0 unspecified atom stereocenters. The molecule has 0 atom stereocenters. The van der Waals surface area contributed by atoms with Crippen molar-refractivity contribution in [3.63, 3.8) is 0 Å². The zero-order valence-electron chi connectivity index (χ0n) is 7.72. The number of hydrogen-bond acceptors (Lipinski definition) is 2. The van der Waals surface area contributed by atoms with E-state index in [1.165, 1.54) is 11.1 Å². The van der Waals surface area contributed by atoms with Gasteiger partial charge < -0.3 is 0 Å². The normalized spacial score (nSPS) is 10.2. The average Bonchev–Trinajstić information content (AvgIpc) is 2.32. The number of nitriles is 1. The first kappa shape index (κ1) is 9.28. The molecule has 0 aliphatic rings. The van der Waals surface area contributed by atoms with Gasteiger partial charge in [-0.2, -0.15) is 5.26 Å². The molecule has 1 heterocycles. The Morgan fingerprint density at radius 1 is 1.58 bits per heavy atom. The first-order chi connectivity index (χ1) is 5.65. The van der Waals surface area contributed by atoms with E-state index in [1.807, 2.05) is 6.92 Å². The van der Waals surface area contributed by atoms with Gasteiger partial charge in [-0.3, -0.25) is 0 Å². The molecular weight excluding hydrogens is 166 g/mol. The third-order valence-corrected chi connectivity index (χ3v) is 2.91. The molecule has 1 rings (SSSR count). The summed E-state index contributed by atoms with van der Waals surface area (Å²) >= 11 is 1.56. The van der Waals surface area contributed by atoms with E-state index in [2.05, 4.69) is 25.3 Å². The van der Waals surface area contributed by atoms with Crippen LogP contribution in [0.5, 0.6) is 0 Å². The van der Waals surface area contributed by atoms with E-state index < -0.39 is 0 Å². The molecule has 0 saturated heterocycles. The second kappa shape index (κ2) is 3.73. The standard InChI is InChI=1S/C10H13NS/c1-7(2)4-9-6-12-10(5-11)8(9)3/h6-7H,4H2,1-3H3. The summed E-state index contributed by atoms with van der Waals surface area (Å²) in [5, 5.41) is 10.8. The summed E-state index contributed by atoms with van der Waals surface area (Å²) in [6.45, 7) is 6.43. The number of nitrogens with zero attached hydrogens (tertiary/aromatic N) is 1. The maximum atomic E-state index is 8.73. The lowest BCUT2D eigenvalue weighted by Gasteiger charge is -2.02. The Kier molecular flexibility index (Phi) is 2.88. The topological polar surface area (TPSA) is 23.8 Å². The number of thiophene rings is 1. The van der Waals surface area contributed by atoms with Crippen LogP contribution >= 0.6 is 11.3 Å². The second-order valence-corrected chi connectivity index (χ2v) is 4.30. The SMILES string of the molecule is Cc1c(CC(C)C)csc1C#N. The molecule has 1 nitrogen and oxygen atoms in total. The molecule has 0 spiro atoms. The lowest BCUT2D eigenvalue weighted by atomic mass is 10.0. The van der Waals surface area contributed by atoms with Gasteiger partial charge in [-0.15, -0.1) is 11.3 Å². The van der Waals surface area contributed by atoms with Gasteiger partial charge in [0.25, 0.3) is 0 Å². The van der Waals surface area contributed by atoms with Crippen LogP contribution in [0.15, 0.2) is 5.38 Å². The highest BCUT2D eigenvalue weighted by Gasteiger charge is 2.07. The Labute approximate surface area is 77.7 Å². The molecule has 0 aliphatic carbocycles. The van der Waals surface area contributed by atoms with Crippen LogP contribution in [0.3, 0.4) is 0 Å². The van der Waals surface area contributed by atoms with Crippen molar-refractivity contribution in [3.8, 4) is 6.07 Å². The number of hydrogen-bond donors (Lipinski definition) is 0. The smallest absolute Gasteiger partial charge is 0.110 e. The van der Waals surface area contributed by atoms with Crippen LogP contribution in [0.2, 0.25) is 0 Å². The highest BCUT2D eigenvalue weighted by Crippen LogP contribution is 2.22. The largest absolute Gasteiger partial charge is 0.192 e. The predicted molar refractivity (Wildman–Crippen MR) is 52.3 cm³/mol. The van der Waals surface area contributed by atoms with Crippen LogP contribution in [0.1, 0.15) is 29.9 Å². The molecule has 64 valence electrons. The van der Waals surface area contributed by atoms with Gasteiger partial charge in [0.05, 0.1) is 0 Å². The Morgan fingerprint density at radius 2 is 2.25 bits per heavy atom. The first-order valence-electron chi connectivity index (χ1n) is 4.12. The average molecular weight is 179 g/mol. The van der Waals surface area contributed by atoms with Crippen molar-refractivity contribution in [1.82, 2.24) is 0 Å². The van der Waals surface area contributed by atoms with Crippen LogP contribution in [0.4, 0.5) is 0 Å². The molecule has 0 N–H and O–H groups in total. The van der Waals surface area contributed by atoms with Gasteiger partial charge in [0.1, 0.15) is 10.9 Å². The van der Waals surface area contributed by atoms with Crippen LogP contribution < -0.4 is 0 Å². The van der Waals surface area contributed by atoms with Crippen LogP contribution in [-0.4, -0.2) is 0 Å². The minimum atomic E-state index is 0.671. The van der Waals surface area contributed by atoms with Gasteiger partial charge in [-0.25, -0.2) is 0 Å². The zero-order chi connectivity index (χ0) is 9.14. The highest BCUT2D eigenvalue weighted by atomic mass is 32.1. The molecule has 0 aliphatic heterocycles. The summed E-state index contributed by atoms with van der Waals surface area (Å²) in [7, 11) is 0. The Morgan fingerprint density at radius 3 is 2.67 bits per heavy atom. The lowest BCUT2D eigenvalue weighted by Crippen LogP contribution is -1.93. The first-order valence-corrected chi connectivity index (χ1v) is 5.00. The minimum absolute atomic E-state index is 0.671. The van der Waals surface area contributed by atoms with Gasteiger partial charge in [0.2, 0.25) is 0 Å². The number of rotatable bonds is 2. The van der Waals surface area contributed by atoms with Crippen molar-refractivity contribution in [2.24, 2.45) is 5.92 Å². The molecule has 0 saturated carbocycles. The molecule has 0 aromatic carbocycles. The molecule has 1 aromatic heterocycles. The van der Waals surface area contributed by atoms with Crippen LogP contribution in [0.25, 0.3) is 0 Å². The molecule has 0 amide bonds. The molecule has 12 heavy (non-hydrogen) atoms. The summed E-state index contributed by atoms with van der Waals surface area (Å²) in [5.41, 5.74) is 2.52. The Balaban J connectivity index is 2.89. The van der Waals surface area contributed by atoms with Crippen molar-refractivity contribution in [3.05, 3.63) is 21.4 Å². The fourth-order valence-electron chi connectivity index (χ4n) is 1.20. The fourth-order valence-corrected chi connectivity index (χ4v) is 2.10. The fraction of sp³-hybridized carbons (Fsp3) is 0.500. The van der Waals surface area contributed by atoms with Crippen molar-refractivity contribution in [2.45, 2.75) is 27.2 Å². The van der Waals surface area contributed by atoms with E-state index >= 15 is 0 Å². The third-order valence-electron chi connectivity index (χ3n) is 1.87. The molecule has 0 fully saturated rings. The van der Waals surface area contributed by atoms with E-state index in [9.17, 15) is 0 Å². The van der Waals surface area contributed by atoms with Crippen molar-refractivity contribution < 1.29 is 0 Å². The van der Waals surface area contributed by atoms with Gasteiger partial charge in [-0.1, -0.05) is 13.8 Å². The molecule has 0 radical (unpaired) electrons. The second-order valence-electron chi connectivity index (χ2n) is 3.42. The molecular formula is C10H13NS. The minimum Gasteiger partial charge on any atom is -0.192 e. The summed E-state index contributed by atoms with van der Waals surface area (Å²) in [4.78, 5) is 0.866. The third kappa shape index (κ3) is 1.86. The molecule has 0 bridgehead atoms. The van der Waals surface area contributed by atoms with E-state index in [4.69, 9.17) is 5.26 Å². The maximum Gasteiger partial charge on any atom is 0.110 e. The zero-order valence-corrected chi connectivity index (χ0v) is 8.53. The Hall–Kier alpha value is -0.810. The van der Waals surface area contributed by atoms with Crippen molar-refractivity contribution in [1.29, 1.82) is 5.26 Å². The van der Waals surface area contributed by atoms with Gasteiger partial charge >= 0.3 is 0 Å². The summed E-state index contributed by atoms with van der Waals surface area (Å²) in [5.74, 6) is 0.671. The maximum absolute atomic E-state index is 8.73. The quantitative estimate of drug-likeness (QED) is 0.684. The lowest BCUT2D eigenvalue weighted by molar-refractivity contribution is 0.646. The molecule has 1 aromatic rings. The molecule has 2 heteroatoms. The van der Waals surface area contributed by atoms with E-state index in [0.717, 1.165) is 11.3 Å².